The highest BCUT2D eigenvalue weighted by atomic mass is 32.1. The van der Waals surface area contributed by atoms with E-state index in [0.717, 1.165) is 25.0 Å². The van der Waals surface area contributed by atoms with Gasteiger partial charge in [0.05, 0.1) is 30.7 Å². The van der Waals surface area contributed by atoms with Crippen LogP contribution in [0.5, 0.6) is 11.5 Å². The summed E-state index contributed by atoms with van der Waals surface area (Å²) in [6, 6.07) is 11.0. The Labute approximate surface area is 194 Å². The number of aryl methyl sites for hydroxylation is 1. The summed E-state index contributed by atoms with van der Waals surface area (Å²) in [4.78, 5) is 12.8. The number of benzene rings is 2. The maximum absolute atomic E-state index is 12.8. The van der Waals surface area contributed by atoms with E-state index in [1.165, 1.54) is 0 Å². The summed E-state index contributed by atoms with van der Waals surface area (Å²) in [6.07, 6.45) is 2.29. The van der Waals surface area contributed by atoms with Gasteiger partial charge in [-0.1, -0.05) is 17.7 Å². The van der Waals surface area contributed by atoms with Crippen LogP contribution < -0.4 is 25.4 Å². The van der Waals surface area contributed by atoms with Crippen molar-refractivity contribution in [3.8, 4) is 11.5 Å². The minimum absolute atomic E-state index is 0.180. The molecule has 1 heterocycles. The van der Waals surface area contributed by atoms with Crippen molar-refractivity contribution >= 4 is 34.6 Å². The number of nitrogens with one attached hydrogen (secondary N) is 3. The van der Waals surface area contributed by atoms with E-state index in [-0.39, 0.29) is 12.0 Å². The molecule has 3 rings (SSSR count). The van der Waals surface area contributed by atoms with Crippen LogP contribution in [0.1, 0.15) is 42.6 Å². The largest absolute Gasteiger partial charge is 0.492 e. The molecular weight excluding hydrogens is 426 g/mol. The predicted octanol–water partition coefficient (Wildman–Crippen LogP) is 4.51. The molecule has 0 saturated carbocycles. The van der Waals surface area contributed by atoms with Crippen molar-refractivity contribution in [2.45, 2.75) is 39.7 Å². The quantitative estimate of drug-likeness (QED) is 0.478. The fraction of sp³-hybridized carbons (Fsp3) is 0.417. The molecule has 0 unspecified atom stereocenters. The summed E-state index contributed by atoms with van der Waals surface area (Å²) < 4.78 is 17.2. The van der Waals surface area contributed by atoms with E-state index in [1.807, 2.05) is 39.0 Å². The summed E-state index contributed by atoms with van der Waals surface area (Å²) in [5.41, 5.74) is 2.78. The Morgan fingerprint density at radius 2 is 1.78 bits per heavy atom. The zero-order valence-corrected chi connectivity index (χ0v) is 19.6. The number of thiocarbonyl (C=S) groups is 1. The van der Waals surface area contributed by atoms with Gasteiger partial charge in [0.15, 0.2) is 5.11 Å². The van der Waals surface area contributed by atoms with E-state index < -0.39 is 0 Å². The van der Waals surface area contributed by atoms with Crippen LogP contribution >= 0.6 is 12.2 Å². The first-order valence-corrected chi connectivity index (χ1v) is 11.4. The zero-order valence-electron chi connectivity index (χ0n) is 18.8. The molecule has 7 nitrogen and oxygen atoms in total. The van der Waals surface area contributed by atoms with Gasteiger partial charge in [0.25, 0.3) is 5.91 Å². The van der Waals surface area contributed by atoms with Crippen LogP contribution in [0.4, 0.5) is 11.4 Å². The first-order valence-electron chi connectivity index (χ1n) is 11.0. The van der Waals surface area contributed by atoms with Crippen molar-refractivity contribution < 1.29 is 19.0 Å². The van der Waals surface area contributed by atoms with Crippen molar-refractivity contribution in [1.82, 2.24) is 5.32 Å². The first-order chi connectivity index (χ1) is 15.5. The second kappa shape index (κ2) is 11.7. The second-order valence-corrected chi connectivity index (χ2v) is 7.91. The number of ether oxygens (including phenoxy) is 3. The van der Waals surface area contributed by atoms with Gasteiger partial charge >= 0.3 is 0 Å². The van der Waals surface area contributed by atoms with E-state index in [0.29, 0.717) is 53.3 Å². The van der Waals surface area contributed by atoms with Crippen LogP contribution in [-0.4, -0.2) is 43.5 Å². The lowest BCUT2D eigenvalue weighted by Gasteiger charge is -2.19. The Morgan fingerprint density at radius 3 is 2.38 bits per heavy atom. The highest BCUT2D eigenvalue weighted by Gasteiger charge is 2.18. The molecule has 0 bridgehead atoms. The molecule has 1 aliphatic heterocycles. The number of hydrogen-bond acceptors (Lipinski definition) is 5. The minimum Gasteiger partial charge on any atom is -0.492 e. The predicted molar refractivity (Wildman–Crippen MR) is 131 cm³/mol. The topological polar surface area (TPSA) is 80.8 Å². The van der Waals surface area contributed by atoms with E-state index in [2.05, 4.69) is 16.0 Å². The third kappa shape index (κ3) is 6.58. The maximum atomic E-state index is 12.8. The van der Waals surface area contributed by atoms with Gasteiger partial charge in [-0.3, -0.25) is 4.79 Å². The molecule has 1 atom stereocenters. The van der Waals surface area contributed by atoms with Gasteiger partial charge in [-0.25, -0.2) is 0 Å². The Balaban J connectivity index is 1.79. The van der Waals surface area contributed by atoms with Crippen molar-refractivity contribution in [3.63, 3.8) is 0 Å². The average molecular weight is 458 g/mol. The molecule has 172 valence electrons. The van der Waals surface area contributed by atoms with Gasteiger partial charge < -0.3 is 30.2 Å². The number of anilines is 2. The van der Waals surface area contributed by atoms with Gasteiger partial charge in [0, 0.05) is 30.8 Å². The lowest BCUT2D eigenvalue weighted by molar-refractivity contribution is 0.102. The summed E-state index contributed by atoms with van der Waals surface area (Å²) >= 11 is 5.46. The first kappa shape index (κ1) is 23.8. The van der Waals surface area contributed by atoms with Gasteiger partial charge in [0.2, 0.25) is 0 Å². The van der Waals surface area contributed by atoms with Crippen molar-refractivity contribution in [3.05, 3.63) is 47.5 Å². The van der Waals surface area contributed by atoms with Crippen LogP contribution in [0.3, 0.4) is 0 Å². The second-order valence-electron chi connectivity index (χ2n) is 7.50. The normalized spacial score (nSPS) is 15.2. The van der Waals surface area contributed by atoms with Gasteiger partial charge in [-0.15, -0.1) is 0 Å². The fourth-order valence-corrected chi connectivity index (χ4v) is 3.66. The molecule has 1 amide bonds. The zero-order chi connectivity index (χ0) is 22.9. The summed E-state index contributed by atoms with van der Waals surface area (Å²) in [5.74, 6) is 0.879. The number of hydrogen-bond donors (Lipinski definition) is 3. The molecule has 1 aliphatic rings. The summed E-state index contributed by atoms with van der Waals surface area (Å²) in [5, 5.41) is 9.80. The van der Waals surface area contributed by atoms with Crippen LogP contribution in [0.15, 0.2) is 36.4 Å². The molecule has 3 N–H and O–H groups in total. The third-order valence-corrected chi connectivity index (χ3v) is 5.22. The number of rotatable bonds is 9. The monoisotopic (exact) mass is 457 g/mol. The van der Waals surface area contributed by atoms with Crippen molar-refractivity contribution in [1.29, 1.82) is 0 Å². The van der Waals surface area contributed by atoms with E-state index in [4.69, 9.17) is 26.4 Å². The molecule has 8 heteroatoms. The standard InChI is InChI=1S/C24H31N3O4S/c1-4-29-21-14-20(27-24(32)25-15-18-10-7-11-31-18)22(30-5-2)13-19(21)26-23(28)17-9-6-8-16(3)12-17/h6,8-9,12-14,18H,4-5,7,10-11,15H2,1-3H3,(H,26,28)(H2,25,27,32)/t18-/m0/s1. The lowest BCUT2D eigenvalue weighted by atomic mass is 10.1. The van der Waals surface area contributed by atoms with E-state index in [9.17, 15) is 4.79 Å². The highest BCUT2D eigenvalue weighted by Crippen LogP contribution is 2.37. The van der Waals surface area contributed by atoms with Crippen LogP contribution in [-0.2, 0) is 4.74 Å². The van der Waals surface area contributed by atoms with Crippen molar-refractivity contribution in [2.24, 2.45) is 0 Å². The van der Waals surface area contributed by atoms with Crippen LogP contribution in [0.2, 0.25) is 0 Å². The molecule has 0 spiro atoms. The van der Waals surface area contributed by atoms with Crippen LogP contribution in [0.25, 0.3) is 0 Å². The van der Waals surface area contributed by atoms with Crippen molar-refractivity contribution in [2.75, 3.05) is 37.0 Å². The number of carbonyl (C=O) groups excluding carboxylic acids is 1. The Bertz CT molecular complexity index is 945. The molecular formula is C24H31N3O4S. The van der Waals surface area contributed by atoms with Crippen LogP contribution in [0, 0.1) is 6.92 Å². The Hall–Kier alpha value is -2.84. The van der Waals surface area contributed by atoms with Gasteiger partial charge in [-0.2, -0.15) is 0 Å². The smallest absolute Gasteiger partial charge is 0.255 e. The van der Waals surface area contributed by atoms with E-state index >= 15 is 0 Å². The van der Waals surface area contributed by atoms with E-state index in [1.54, 1.807) is 18.2 Å². The summed E-state index contributed by atoms with van der Waals surface area (Å²) in [7, 11) is 0. The summed E-state index contributed by atoms with van der Waals surface area (Å²) in [6.45, 7) is 8.11. The van der Waals surface area contributed by atoms with Gasteiger partial charge in [-0.05, 0) is 58.0 Å². The molecule has 1 saturated heterocycles. The molecule has 1 fully saturated rings. The molecule has 0 radical (unpaired) electrons. The third-order valence-electron chi connectivity index (χ3n) is 4.97. The SMILES string of the molecule is CCOc1cc(NC(=S)NC[C@@H]2CCCO2)c(OCC)cc1NC(=O)c1cccc(C)c1. The average Bonchev–Trinajstić information content (AvgIpc) is 3.29. The highest BCUT2D eigenvalue weighted by molar-refractivity contribution is 7.80. The maximum Gasteiger partial charge on any atom is 0.255 e. The Morgan fingerprint density at radius 1 is 1.09 bits per heavy atom. The van der Waals surface area contributed by atoms with Gasteiger partial charge in [0.1, 0.15) is 11.5 Å². The molecule has 0 aliphatic carbocycles. The number of amides is 1. The Kier molecular flexibility index (Phi) is 8.70. The molecule has 2 aromatic rings. The minimum atomic E-state index is -0.216. The lowest BCUT2D eigenvalue weighted by Crippen LogP contribution is -2.34. The fourth-order valence-electron chi connectivity index (χ4n) is 3.46. The number of carbonyl (C=O) groups is 1. The molecule has 32 heavy (non-hydrogen) atoms. The molecule has 0 aromatic heterocycles. The molecule has 2 aromatic carbocycles.